The van der Waals surface area contributed by atoms with Gasteiger partial charge in [0.1, 0.15) is 11.8 Å². The van der Waals surface area contributed by atoms with Gasteiger partial charge < -0.3 is 4.74 Å². The van der Waals surface area contributed by atoms with E-state index in [4.69, 9.17) is 4.74 Å². The van der Waals surface area contributed by atoms with Gasteiger partial charge in [0.25, 0.3) is 0 Å². The fourth-order valence-electron chi connectivity index (χ4n) is 2.91. The highest BCUT2D eigenvalue weighted by Gasteiger charge is 2.22. The van der Waals surface area contributed by atoms with Crippen LogP contribution in [0.25, 0.3) is 16.9 Å². The number of hydrogen-bond donors (Lipinski definition) is 0. The van der Waals surface area contributed by atoms with Gasteiger partial charge in [-0.2, -0.15) is 9.78 Å². The smallest absolute Gasteiger partial charge is 0.197 e. The molecule has 6 nitrogen and oxygen atoms in total. The van der Waals surface area contributed by atoms with Gasteiger partial charge in [-0.1, -0.05) is 0 Å². The molecule has 2 aromatic heterocycles. The number of aromatic nitrogens is 4. The molecular weight excluding hydrogens is 266 g/mol. The number of hydrogen-bond acceptors (Lipinski definition) is 5. The predicted molar refractivity (Wildman–Crippen MR) is 74.9 cm³/mol. The molecule has 0 saturated heterocycles. The van der Waals surface area contributed by atoms with Crippen LogP contribution in [0.2, 0.25) is 0 Å². The third-order valence-electron chi connectivity index (χ3n) is 3.90. The summed E-state index contributed by atoms with van der Waals surface area (Å²) >= 11 is 0. The third kappa shape index (κ3) is 1.61. The lowest BCUT2D eigenvalue weighted by molar-refractivity contribution is 0.414. The molecule has 0 aliphatic heterocycles. The molecule has 0 N–H and O–H groups in total. The van der Waals surface area contributed by atoms with Crippen LogP contribution in [0.3, 0.4) is 0 Å². The number of rotatable bonds is 1. The number of tetrazole rings is 1. The first kappa shape index (κ1) is 11.9. The molecule has 1 aliphatic rings. The van der Waals surface area contributed by atoms with E-state index in [1.54, 1.807) is 11.6 Å². The zero-order valence-corrected chi connectivity index (χ0v) is 11.4. The molecule has 1 aromatic carbocycles. The maximum atomic E-state index is 9.24. The molecule has 0 fully saturated rings. The molecule has 2 heterocycles. The maximum Gasteiger partial charge on any atom is 0.197 e. The normalized spacial score (nSPS) is 12.6. The first-order valence-corrected chi connectivity index (χ1v) is 6.63. The average Bonchev–Trinajstić information content (AvgIpc) is 3.02. The van der Waals surface area contributed by atoms with Crippen molar-refractivity contribution in [1.29, 1.82) is 5.26 Å². The molecule has 6 heteroatoms. The Labute approximate surface area is 120 Å². The van der Waals surface area contributed by atoms with Gasteiger partial charge in [-0.25, -0.2) is 0 Å². The monoisotopic (exact) mass is 277 g/mol. The number of ether oxygens (including phenoxy) is 1. The molecule has 102 valence electrons. The molecule has 0 bridgehead atoms. The molecule has 0 saturated carbocycles. The van der Waals surface area contributed by atoms with E-state index in [0.717, 1.165) is 35.4 Å². The summed E-state index contributed by atoms with van der Waals surface area (Å²) in [6, 6.07) is 10.1. The van der Waals surface area contributed by atoms with Gasteiger partial charge in [-0.15, -0.1) is 5.10 Å². The second kappa shape index (κ2) is 4.28. The SMILES string of the molecule is COc1ccc2c(c1)CCc1cc(C#N)c3nnnn3c1-2. The molecule has 1 aliphatic carbocycles. The minimum atomic E-state index is 0.500. The Morgan fingerprint density at radius 1 is 1.24 bits per heavy atom. The summed E-state index contributed by atoms with van der Waals surface area (Å²) in [6.45, 7) is 0. The largest absolute Gasteiger partial charge is 0.497 e. The van der Waals surface area contributed by atoms with E-state index in [9.17, 15) is 5.26 Å². The van der Waals surface area contributed by atoms with Crippen LogP contribution in [0.4, 0.5) is 0 Å². The van der Waals surface area contributed by atoms with Crippen molar-refractivity contribution in [3.8, 4) is 23.1 Å². The maximum absolute atomic E-state index is 9.24. The number of nitriles is 1. The molecule has 3 aromatic rings. The lowest BCUT2D eigenvalue weighted by Gasteiger charge is -2.20. The van der Waals surface area contributed by atoms with Crippen molar-refractivity contribution in [2.24, 2.45) is 0 Å². The van der Waals surface area contributed by atoms with E-state index in [1.165, 1.54) is 5.56 Å². The standard InChI is InChI=1S/C15H11N5O/c1-21-12-4-5-13-9(7-12)2-3-10-6-11(8-16)15-17-18-19-20(15)14(10)13/h4-7H,2-3H2,1H3. The number of benzene rings is 1. The highest BCUT2D eigenvalue weighted by Crippen LogP contribution is 2.36. The van der Waals surface area contributed by atoms with Crippen molar-refractivity contribution in [2.45, 2.75) is 12.8 Å². The van der Waals surface area contributed by atoms with E-state index in [0.29, 0.717) is 11.2 Å². The first-order chi connectivity index (χ1) is 10.3. The molecule has 0 unspecified atom stereocenters. The summed E-state index contributed by atoms with van der Waals surface area (Å²) in [5.41, 5.74) is 5.39. The lowest BCUT2D eigenvalue weighted by atomic mass is 9.88. The van der Waals surface area contributed by atoms with Crippen LogP contribution in [-0.2, 0) is 12.8 Å². The van der Waals surface area contributed by atoms with Crippen LogP contribution in [0.15, 0.2) is 24.3 Å². The predicted octanol–water partition coefficient (Wildman–Crippen LogP) is 1.77. The zero-order chi connectivity index (χ0) is 14.4. The van der Waals surface area contributed by atoms with Gasteiger partial charge in [0.15, 0.2) is 5.65 Å². The third-order valence-corrected chi connectivity index (χ3v) is 3.90. The zero-order valence-electron chi connectivity index (χ0n) is 11.4. The second-order valence-electron chi connectivity index (χ2n) is 4.98. The molecule has 0 radical (unpaired) electrons. The summed E-state index contributed by atoms with van der Waals surface area (Å²) in [5, 5.41) is 21.0. The van der Waals surface area contributed by atoms with Crippen LogP contribution in [-0.4, -0.2) is 27.2 Å². The van der Waals surface area contributed by atoms with E-state index in [1.807, 2.05) is 24.3 Å². The Morgan fingerprint density at radius 2 is 2.10 bits per heavy atom. The van der Waals surface area contributed by atoms with Crippen LogP contribution in [0, 0.1) is 11.3 Å². The topological polar surface area (TPSA) is 76.1 Å². The molecular formula is C15H11N5O. The summed E-state index contributed by atoms with van der Waals surface area (Å²) in [7, 11) is 1.66. The van der Waals surface area contributed by atoms with Gasteiger partial charge in [0.2, 0.25) is 0 Å². The van der Waals surface area contributed by atoms with Crippen molar-refractivity contribution in [3.63, 3.8) is 0 Å². The average molecular weight is 277 g/mol. The van der Waals surface area contributed by atoms with Crippen LogP contribution >= 0.6 is 0 Å². The van der Waals surface area contributed by atoms with Gasteiger partial charge in [0.05, 0.1) is 18.4 Å². The van der Waals surface area contributed by atoms with E-state index in [2.05, 4.69) is 21.6 Å². The molecule has 0 amide bonds. The molecule has 21 heavy (non-hydrogen) atoms. The van der Waals surface area contributed by atoms with E-state index < -0.39 is 0 Å². The number of fused-ring (bicyclic) bond motifs is 5. The number of nitrogens with zero attached hydrogens (tertiary/aromatic N) is 5. The minimum absolute atomic E-state index is 0.500. The summed E-state index contributed by atoms with van der Waals surface area (Å²) < 4.78 is 6.95. The molecule has 0 atom stereocenters. The van der Waals surface area contributed by atoms with Crippen LogP contribution in [0.5, 0.6) is 5.75 Å². The fraction of sp³-hybridized carbons (Fsp3) is 0.200. The summed E-state index contributed by atoms with van der Waals surface area (Å²) in [6.07, 6.45) is 1.78. The first-order valence-electron chi connectivity index (χ1n) is 6.63. The van der Waals surface area contributed by atoms with Gasteiger partial charge in [-0.05, 0) is 58.7 Å². The van der Waals surface area contributed by atoms with Crippen molar-refractivity contribution >= 4 is 5.65 Å². The Hall–Kier alpha value is -2.94. The summed E-state index contributed by atoms with van der Waals surface area (Å²) in [4.78, 5) is 0. The number of methoxy groups -OCH3 is 1. The van der Waals surface area contributed by atoms with Crippen molar-refractivity contribution < 1.29 is 4.74 Å². The summed E-state index contributed by atoms with van der Waals surface area (Å²) in [5.74, 6) is 0.846. The van der Waals surface area contributed by atoms with Crippen molar-refractivity contribution in [2.75, 3.05) is 7.11 Å². The Balaban J connectivity index is 2.06. The number of aryl methyl sites for hydroxylation is 2. The van der Waals surface area contributed by atoms with Gasteiger partial charge >= 0.3 is 0 Å². The Kier molecular flexibility index (Phi) is 2.42. The Bertz CT molecular complexity index is 906. The highest BCUT2D eigenvalue weighted by molar-refractivity contribution is 5.75. The quantitative estimate of drug-likeness (QED) is 0.677. The van der Waals surface area contributed by atoms with Crippen LogP contribution < -0.4 is 4.74 Å². The number of pyridine rings is 1. The van der Waals surface area contributed by atoms with Gasteiger partial charge in [0, 0.05) is 5.56 Å². The van der Waals surface area contributed by atoms with E-state index in [-0.39, 0.29) is 0 Å². The van der Waals surface area contributed by atoms with E-state index >= 15 is 0 Å². The molecule has 4 rings (SSSR count). The fourth-order valence-corrected chi connectivity index (χ4v) is 2.91. The molecule has 0 spiro atoms. The minimum Gasteiger partial charge on any atom is -0.497 e. The lowest BCUT2D eigenvalue weighted by Crippen LogP contribution is -2.10. The Morgan fingerprint density at radius 3 is 2.90 bits per heavy atom. The van der Waals surface area contributed by atoms with Gasteiger partial charge in [-0.3, -0.25) is 0 Å². The van der Waals surface area contributed by atoms with Crippen molar-refractivity contribution in [1.82, 2.24) is 20.0 Å². The van der Waals surface area contributed by atoms with Crippen molar-refractivity contribution in [3.05, 3.63) is 41.0 Å². The van der Waals surface area contributed by atoms with Crippen LogP contribution in [0.1, 0.15) is 16.7 Å². The highest BCUT2D eigenvalue weighted by atomic mass is 16.5. The second-order valence-corrected chi connectivity index (χ2v) is 4.98.